The normalized spacial score (nSPS) is 0.750. The summed E-state index contributed by atoms with van der Waals surface area (Å²) in [6.07, 6.45) is 0. The van der Waals surface area contributed by atoms with Gasteiger partial charge < -0.3 is 0 Å². The predicted octanol–water partition coefficient (Wildman–Crippen LogP) is -1.04. The molecule has 1 nitrogen and oxygen atoms in total. The third-order valence-electron chi connectivity index (χ3n) is 0. The topological polar surface area (TPSA) is 17.1 Å². The summed E-state index contributed by atoms with van der Waals surface area (Å²) in [5.41, 5.74) is 0. The van der Waals surface area contributed by atoms with E-state index in [1.54, 1.807) is 0 Å². The fraction of sp³-hybridized carbons (Fsp3) is 0. The van der Waals surface area contributed by atoms with Gasteiger partial charge >= 0.3 is 69.2 Å². The molecule has 18 valence electrons. The molecule has 0 N–H and O–H groups in total. The van der Waals surface area contributed by atoms with Crippen molar-refractivity contribution in [2.45, 2.75) is 0 Å². The zero-order chi connectivity index (χ0) is 2.00. The second-order valence-corrected chi connectivity index (χ2v) is 0. The molecule has 0 aliphatic carbocycles. The molecule has 0 aliphatic rings. The molecule has 0 aromatic carbocycles. The maximum Gasteiger partial charge on any atom is 0 e. The molecule has 0 aromatic heterocycles. The summed E-state index contributed by atoms with van der Waals surface area (Å²) in [5.74, 6) is 0. The SMILES string of the molecule is [O]=[Ti].[SrH2].[Zr]. The average Bonchev–Trinajstić information content (AvgIpc) is 1.00. The van der Waals surface area contributed by atoms with Crippen molar-refractivity contribution in [2.75, 3.05) is 0 Å². The Balaban J connectivity index is -0.00000000500. The van der Waals surface area contributed by atoms with Gasteiger partial charge in [-0.05, 0) is 0 Å². The Bertz CT molecular complexity index is 8.00. The van der Waals surface area contributed by atoms with Crippen molar-refractivity contribution in [3.8, 4) is 0 Å². The van der Waals surface area contributed by atoms with Gasteiger partial charge in [-0.25, -0.2) is 0 Å². The molecule has 0 amide bonds. The second kappa shape index (κ2) is 16.9. The van der Waals surface area contributed by atoms with Crippen LogP contribution in [0.4, 0.5) is 0 Å². The summed E-state index contributed by atoms with van der Waals surface area (Å²) >= 11 is 0.750. The van der Waals surface area contributed by atoms with Crippen molar-refractivity contribution >= 4 is 45.5 Å². The van der Waals surface area contributed by atoms with E-state index in [2.05, 4.69) is 0 Å². The van der Waals surface area contributed by atoms with Gasteiger partial charge in [0.2, 0.25) is 0 Å². The molecule has 0 heterocycles. The molecular formula is H2OSrTiZr. The van der Waals surface area contributed by atoms with E-state index in [0.717, 1.165) is 20.4 Å². The smallest absolute Gasteiger partial charge is 0 e. The summed E-state index contributed by atoms with van der Waals surface area (Å²) in [6.45, 7) is 0. The van der Waals surface area contributed by atoms with Crippen molar-refractivity contribution in [1.82, 2.24) is 0 Å². The van der Waals surface area contributed by atoms with Crippen LogP contribution in [-0.2, 0) is 49.9 Å². The first-order valence-electron chi connectivity index (χ1n) is 0.204. The molecule has 0 saturated heterocycles. The maximum atomic E-state index is 8.25. The maximum absolute atomic E-state index is 8.25. The fourth-order valence-corrected chi connectivity index (χ4v) is 0. The van der Waals surface area contributed by atoms with E-state index < -0.39 is 0 Å². The van der Waals surface area contributed by atoms with Gasteiger partial charge in [-0.1, -0.05) is 0 Å². The van der Waals surface area contributed by atoms with Gasteiger partial charge in [0.1, 0.15) is 0 Å². The Kier molecular flexibility index (Phi) is 66.7. The van der Waals surface area contributed by atoms with Gasteiger partial charge in [-0.15, -0.1) is 0 Å². The quantitative estimate of drug-likeness (QED) is 0.498. The van der Waals surface area contributed by atoms with E-state index in [4.69, 9.17) is 3.32 Å². The van der Waals surface area contributed by atoms with Gasteiger partial charge in [-0.3, -0.25) is 0 Å². The molecule has 0 spiro atoms. The standard InChI is InChI=1S/O.Sr.Ti.Zr.2H. The van der Waals surface area contributed by atoms with Crippen molar-refractivity contribution in [3.63, 3.8) is 0 Å². The van der Waals surface area contributed by atoms with Crippen LogP contribution in [0.1, 0.15) is 0 Å². The zero-order valence-corrected chi connectivity index (χ0v) is 5.43. The van der Waals surface area contributed by atoms with Crippen LogP contribution in [-0.4, -0.2) is 45.5 Å². The van der Waals surface area contributed by atoms with Gasteiger partial charge in [0, 0.05) is 26.2 Å². The largest absolute Gasteiger partial charge is 0 e. The molecule has 0 aromatic rings. The second-order valence-electron chi connectivity index (χ2n) is 0. The van der Waals surface area contributed by atoms with Crippen LogP contribution in [0.15, 0.2) is 0 Å². The van der Waals surface area contributed by atoms with Gasteiger partial charge in [0.05, 0.1) is 0 Å². The number of hydrogen-bond donors (Lipinski definition) is 0. The third kappa shape index (κ3) is 8.86. The van der Waals surface area contributed by atoms with Crippen LogP contribution in [0, 0.1) is 0 Å². The molecular weight excluding hydrogens is 243 g/mol. The molecule has 0 radical (unpaired) electrons. The minimum atomic E-state index is 0. The molecule has 4 heteroatoms. The molecule has 0 saturated carbocycles. The van der Waals surface area contributed by atoms with Crippen LogP contribution in [0.25, 0.3) is 0 Å². The Morgan fingerprint density at radius 1 is 1.25 bits per heavy atom. The van der Waals surface area contributed by atoms with Crippen molar-refractivity contribution in [1.29, 1.82) is 0 Å². The van der Waals surface area contributed by atoms with Gasteiger partial charge in [0.25, 0.3) is 0 Å². The number of hydrogen-bond acceptors (Lipinski definition) is 1. The van der Waals surface area contributed by atoms with E-state index in [-0.39, 0.29) is 71.7 Å². The molecule has 0 bridgehead atoms. The van der Waals surface area contributed by atoms with Crippen LogP contribution in [0.2, 0.25) is 0 Å². The van der Waals surface area contributed by atoms with E-state index in [9.17, 15) is 0 Å². The summed E-state index contributed by atoms with van der Waals surface area (Å²) in [6, 6.07) is 0. The van der Waals surface area contributed by atoms with Crippen LogP contribution in [0.3, 0.4) is 0 Å². The molecule has 4 heavy (non-hydrogen) atoms. The summed E-state index contributed by atoms with van der Waals surface area (Å²) in [5, 5.41) is 0. The Labute approximate surface area is 93.0 Å². The molecule has 0 unspecified atom stereocenters. The Hall–Kier alpha value is 2.88. The average molecular weight is 245 g/mol. The predicted molar refractivity (Wildman–Crippen MR) is 9.23 cm³/mol. The minimum Gasteiger partial charge on any atom is 0 e. The summed E-state index contributed by atoms with van der Waals surface area (Å²) in [4.78, 5) is 0. The van der Waals surface area contributed by atoms with Crippen LogP contribution >= 0.6 is 0 Å². The first-order valence-corrected chi connectivity index (χ1v) is 0.842. The van der Waals surface area contributed by atoms with Crippen LogP contribution < -0.4 is 0 Å². The zero-order valence-electron chi connectivity index (χ0n) is 1.41. The summed E-state index contributed by atoms with van der Waals surface area (Å²) in [7, 11) is 0. The Morgan fingerprint density at radius 2 is 1.25 bits per heavy atom. The van der Waals surface area contributed by atoms with Crippen molar-refractivity contribution < 1.29 is 49.9 Å². The van der Waals surface area contributed by atoms with E-state index in [1.807, 2.05) is 0 Å². The molecule has 0 rings (SSSR count). The van der Waals surface area contributed by atoms with E-state index in [0.29, 0.717) is 0 Å². The van der Waals surface area contributed by atoms with Gasteiger partial charge in [-0.2, -0.15) is 0 Å². The first-order chi connectivity index (χ1) is 1.00. The van der Waals surface area contributed by atoms with E-state index >= 15 is 0 Å². The van der Waals surface area contributed by atoms with E-state index in [1.165, 1.54) is 0 Å². The monoisotopic (exact) mass is 244 g/mol. The van der Waals surface area contributed by atoms with Gasteiger partial charge in [0.15, 0.2) is 0 Å². The Morgan fingerprint density at radius 3 is 1.25 bits per heavy atom. The number of rotatable bonds is 0. The summed E-state index contributed by atoms with van der Waals surface area (Å²) < 4.78 is 8.25. The molecule has 0 fully saturated rings. The first kappa shape index (κ1) is 15.8. The van der Waals surface area contributed by atoms with Crippen molar-refractivity contribution in [3.05, 3.63) is 0 Å². The fourth-order valence-electron chi connectivity index (χ4n) is 0. The third-order valence-corrected chi connectivity index (χ3v) is 0. The van der Waals surface area contributed by atoms with Crippen molar-refractivity contribution in [2.24, 2.45) is 0 Å². The minimum absolute atomic E-state index is 0. The molecule has 0 aliphatic heterocycles. The van der Waals surface area contributed by atoms with Crippen LogP contribution in [0.5, 0.6) is 0 Å². The molecule has 0 atom stereocenters.